The van der Waals surface area contributed by atoms with Gasteiger partial charge in [-0.25, -0.2) is 4.39 Å². The van der Waals surface area contributed by atoms with Crippen molar-refractivity contribution < 1.29 is 9.18 Å². The molecule has 3 aromatic rings. The molecule has 1 aromatic carbocycles. The number of hydrogen-bond acceptors (Lipinski definition) is 4. The van der Waals surface area contributed by atoms with Crippen molar-refractivity contribution in [3.8, 4) is 11.4 Å². The number of amides is 1. The van der Waals surface area contributed by atoms with Gasteiger partial charge < -0.3 is 14.5 Å². The maximum absolute atomic E-state index is 14.5. The van der Waals surface area contributed by atoms with E-state index in [1.54, 1.807) is 19.2 Å². The maximum Gasteiger partial charge on any atom is 0.255 e. The zero-order valence-corrected chi connectivity index (χ0v) is 15.5. The lowest BCUT2D eigenvalue weighted by atomic mass is 10.1. The van der Waals surface area contributed by atoms with E-state index in [-0.39, 0.29) is 11.1 Å². The third-order valence-corrected chi connectivity index (χ3v) is 4.94. The van der Waals surface area contributed by atoms with Crippen LogP contribution in [0.15, 0.2) is 41.3 Å². The second kappa shape index (κ2) is 7.38. The Bertz CT molecular complexity index is 1100. The monoisotopic (exact) mass is 381 g/mol. The second-order valence-corrected chi connectivity index (χ2v) is 6.92. The summed E-state index contributed by atoms with van der Waals surface area (Å²) < 4.78 is 17.9. The summed E-state index contributed by atoms with van der Waals surface area (Å²) in [5.41, 5.74) is 0.680. The van der Waals surface area contributed by atoms with E-state index in [9.17, 15) is 14.0 Å². The van der Waals surface area contributed by atoms with Crippen molar-refractivity contribution in [1.82, 2.24) is 19.3 Å². The van der Waals surface area contributed by atoms with Crippen LogP contribution in [-0.4, -0.2) is 25.2 Å². The molecule has 1 aliphatic rings. The quantitative estimate of drug-likeness (QED) is 0.756. The van der Waals surface area contributed by atoms with Gasteiger partial charge in [-0.3, -0.25) is 9.59 Å². The summed E-state index contributed by atoms with van der Waals surface area (Å²) in [5, 5.41) is 11.1. The van der Waals surface area contributed by atoms with Gasteiger partial charge in [-0.1, -0.05) is 6.42 Å². The van der Waals surface area contributed by atoms with Crippen LogP contribution in [0.1, 0.15) is 35.4 Å². The summed E-state index contributed by atoms with van der Waals surface area (Å²) in [6, 6.07) is 7.15. The summed E-state index contributed by atoms with van der Waals surface area (Å²) >= 11 is 0. The number of carbonyl (C=O) groups excluding carboxylic acids is 1. The van der Waals surface area contributed by atoms with Gasteiger partial charge in [0, 0.05) is 43.5 Å². The molecule has 0 fully saturated rings. The smallest absolute Gasteiger partial charge is 0.255 e. The first-order valence-electron chi connectivity index (χ1n) is 9.23. The number of aromatic nitrogens is 4. The van der Waals surface area contributed by atoms with Gasteiger partial charge in [0.2, 0.25) is 0 Å². The molecule has 0 bridgehead atoms. The number of benzene rings is 1. The van der Waals surface area contributed by atoms with Crippen LogP contribution in [0.2, 0.25) is 0 Å². The topological polar surface area (TPSA) is 81.8 Å². The molecule has 0 spiro atoms. The molecule has 0 atom stereocenters. The number of nitrogens with one attached hydrogen (secondary N) is 1. The van der Waals surface area contributed by atoms with E-state index in [2.05, 4.69) is 15.5 Å². The first kappa shape index (κ1) is 18.1. The summed E-state index contributed by atoms with van der Waals surface area (Å²) in [5.74, 6) is 0.474. The molecule has 0 unspecified atom stereocenters. The van der Waals surface area contributed by atoms with Crippen molar-refractivity contribution in [2.24, 2.45) is 7.05 Å². The fourth-order valence-corrected chi connectivity index (χ4v) is 3.35. The molecule has 8 heteroatoms. The molecule has 0 radical (unpaired) electrons. The standard InChI is InChI=1S/C20H20FN5O2/c1-25-10-8-13(11-18(25)27)20(28)22-14-6-7-16(21)15(12-14)19-24-23-17-5-3-2-4-9-26(17)19/h6-8,10-12H,2-5,9H2,1H3,(H,22,28). The van der Waals surface area contributed by atoms with Gasteiger partial charge in [0.25, 0.3) is 11.5 Å². The van der Waals surface area contributed by atoms with Crippen LogP contribution in [0.4, 0.5) is 10.1 Å². The van der Waals surface area contributed by atoms with E-state index in [4.69, 9.17) is 0 Å². The molecule has 3 heterocycles. The van der Waals surface area contributed by atoms with E-state index in [0.717, 1.165) is 38.1 Å². The highest BCUT2D eigenvalue weighted by atomic mass is 19.1. The molecule has 0 aliphatic carbocycles. The van der Waals surface area contributed by atoms with Gasteiger partial charge in [0.15, 0.2) is 5.82 Å². The van der Waals surface area contributed by atoms with Crippen molar-refractivity contribution in [2.45, 2.75) is 32.2 Å². The normalized spacial score (nSPS) is 13.6. The highest BCUT2D eigenvalue weighted by Gasteiger charge is 2.19. The summed E-state index contributed by atoms with van der Waals surface area (Å²) in [6.07, 6.45) is 5.51. The van der Waals surface area contributed by atoms with Gasteiger partial charge in [-0.05, 0) is 37.1 Å². The second-order valence-electron chi connectivity index (χ2n) is 6.92. The first-order chi connectivity index (χ1) is 13.5. The third-order valence-electron chi connectivity index (χ3n) is 4.94. The molecule has 0 saturated heterocycles. The molecular weight excluding hydrogens is 361 g/mol. The molecule has 7 nitrogen and oxygen atoms in total. The average Bonchev–Trinajstić information content (AvgIpc) is 2.93. The molecule has 28 heavy (non-hydrogen) atoms. The highest BCUT2D eigenvalue weighted by Crippen LogP contribution is 2.27. The van der Waals surface area contributed by atoms with E-state index in [1.165, 1.54) is 29.0 Å². The van der Waals surface area contributed by atoms with E-state index in [0.29, 0.717) is 17.1 Å². The summed E-state index contributed by atoms with van der Waals surface area (Å²) in [6.45, 7) is 0.751. The average molecular weight is 381 g/mol. The predicted octanol–water partition coefficient (Wildman–Crippen LogP) is 2.76. The number of aryl methyl sites for hydroxylation is 2. The maximum atomic E-state index is 14.5. The lowest BCUT2D eigenvalue weighted by Crippen LogP contribution is -2.20. The van der Waals surface area contributed by atoms with Crippen LogP contribution in [0.3, 0.4) is 0 Å². The van der Waals surface area contributed by atoms with Gasteiger partial charge >= 0.3 is 0 Å². The number of nitrogens with zero attached hydrogens (tertiary/aromatic N) is 4. The summed E-state index contributed by atoms with van der Waals surface area (Å²) in [7, 11) is 1.61. The number of pyridine rings is 1. The molecule has 2 aromatic heterocycles. The van der Waals surface area contributed by atoms with Crippen LogP contribution < -0.4 is 10.9 Å². The Balaban J connectivity index is 1.64. The third kappa shape index (κ3) is 3.45. The van der Waals surface area contributed by atoms with Crippen molar-refractivity contribution in [3.63, 3.8) is 0 Å². The molecule has 1 amide bonds. The minimum atomic E-state index is -0.435. The molecule has 4 rings (SSSR count). The zero-order chi connectivity index (χ0) is 19.7. The molecule has 144 valence electrons. The minimum absolute atomic E-state index is 0.241. The number of anilines is 1. The van der Waals surface area contributed by atoms with Gasteiger partial charge in [-0.2, -0.15) is 0 Å². The van der Waals surface area contributed by atoms with Crippen molar-refractivity contribution in [3.05, 3.63) is 64.1 Å². The minimum Gasteiger partial charge on any atom is -0.322 e. The fourth-order valence-electron chi connectivity index (χ4n) is 3.35. The summed E-state index contributed by atoms with van der Waals surface area (Å²) in [4.78, 5) is 24.2. The molecule has 1 aliphatic heterocycles. The molecular formula is C20H20FN5O2. The Hall–Kier alpha value is -3.29. The van der Waals surface area contributed by atoms with Crippen LogP contribution >= 0.6 is 0 Å². The van der Waals surface area contributed by atoms with Crippen LogP contribution in [0.25, 0.3) is 11.4 Å². The predicted molar refractivity (Wildman–Crippen MR) is 103 cm³/mol. The van der Waals surface area contributed by atoms with Gasteiger partial charge in [0.1, 0.15) is 11.6 Å². The Labute approximate surface area is 160 Å². The number of hydrogen-bond donors (Lipinski definition) is 1. The van der Waals surface area contributed by atoms with Crippen molar-refractivity contribution >= 4 is 11.6 Å². The number of fused-ring (bicyclic) bond motifs is 1. The largest absolute Gasteiger partial charge is 0.322 e. The SMILES string of the molecule is Cn1ccc(C(=O)Nc2ccc(F)c(-c3nnc4n3CCCCC4)c2)cc1=O. The zero-order valence-electron chi connectivity index (χ0n) is 15.5. The number of halogens is 1. The molecule has 0 saturated carbocycles. The van der Waals surface area contributed by atoms with Crippen LogP contribution in [0, 0.1) is 5.82 Å². The van der Waals surface area contributed by atoms with Crippen molar-refractivity contribution in [2.75, 3.05) is 5.32 Å². The number of carbonyl (C=O) groups is 1. The Morgan fingerprint density at radius 1 is 1.14 bits per heavy atom. The molecule has 1 N–H and O–H groups in total. The number of rotatable bonds is 3. The highest BCUT2D eigenvalue weighted by molar-refractivity contribution is 6.04. The Kier molecular flexibility index (Phi) is 4.77. The van der Waals surface area contributed by atoms with E-state index >= 15 is 0 Å². The lowest BCUT2D eigenvalue weighted by molar-refractivity contribution is 0.102. The van der Waals surface area contributed by atoms with Crippen LogP contribution in [0.5, 0.6) is 0 Å². The van der Waals surface area contributed by atoms with Crippen LogP contribution in [-0.2, 0) is 20.0 Å². The van der Waals surface area contributed by atoms with Gasteiger partial charge in [-0.15, -0.1) is 10.2 Å². The Morgan fingerprint density at radius 3 is 2.82 bits per heavy atom. The van der Waals surface area contributed by atoms with E-state index in [1.807, 2.05) is 4.57 Å². The fraction of sp³-hybridized carbons (Fsp3) is 0.300. The Morgan fingerprint density at radius 2 is 2.00 bits per heavy atom. The van der Waals surface area contributed by atoms with Gasteiger partial charge in [0.05, 0.1) is 5.56 Å². The van der Waals surface area contributed by atoms with E-state index < -0.39 is 11.7 Å². The first-order valence-corrected chi connectivity index (χ1v) is 9.23. The lowest BCUT2D eigenvalue weighted by Gasteiger charge is -2.10. The van der Waals surface area contributed by atoms with Crippen molar-refractivity contribution in [1.29, 1.82) is 0 Å².